The van der Waals surface area contributed by atoms with Crippen molar-refractivity contribution in [3.05, 3.63) is 11.6 Å². The molecule has 4 aliphatic carbocycles. The van der Waals surface area contributed by atoms with E-state index in [-0.39, 0.29) is 34.9 Å². The quantitative estimate of drug-likeness (QED) is 0.685. The maximum absolute atomic E-state index is 12.4. The van der Waals surface area contributed by atoms with E-state index < -0.39 is 29.5 Å². The molecular formula is C22H32O5. The highest BCUT2D eigenvalue weighted by Gasteiger charge is 2.68. The Morgan fingerprint density at radius 3 is 2.63 bits per heavy atom. The summed E-state index contributed by atoms with van der Waals surface area (Å²) in [7, 11) is 0. The monoisotopic (exact) mass is 376 g/mol. The lowest BCUT2D eigenvalue weighted by Crippen LogP contribution is -2.62. The van der Waals surface area contributed by atoms with E-state index in [1.807, 2.05) is 19.9 Å². The second-order valence-electron chi connectivity index (χ2n) is 10.1. The van der Waals surface area contributed by atoms with E-state index in [4.69, 9.17) is 0 Å². The molecule has 5 nitrogen and oxygen atoms in total. The van der Waals surface area contributed by atoms with Crippen molar-refractivity contribution >= 4 is 11.6 Å². The standard InChI is InChI=1S/C22H32O5/c1-12-9-20(2)13(8-16(12)24)4-5-14-15-6-7-22(27,18(26)11-23)21(15,3)10-17(25)19(14)20/h8,12,14-15,17,19,23,25,27H,4-7,9-11H2,1-3H3/t12?,14-,15-,17-,19+,20-,21-,22-/m0/s1. The van der Waals surface area contributed by atoms with Crippen LogP contribution in [0.2, 0.25) is 0 Å². The van der Waals surface area contributed by atoms with E-state index in [9.17, 15) is 24.9 Å². The van der Waals surface area contributed by atoms with Crippen molar-refractivity contribution in [3.63, 3.8) is 0 Å². The summed E-state index contributed by atoms with van der Waals surface area (Å²) in [5, 5.41) is 31.9. The number of aliphatic hydroxyl groups is 3. The number of hydrogen-bond acceptors (Lipinski definition) is 5. The van der Waals surface area contributed by atoms with E-state index in [2.05, 4.69) is 6.92 Å². The predicted molar refractivity (Wildman–Crippen MR) is 99.7 cm³/mol. The minimum Gasteiger partial charge on any atom is -0.393 e. The number of Topliss-reactive ketones (excluding diaryl/α,β-unsaturated/α-hetero) is 1. The summed E-state index contributed by atoms with van der Waals surface area (Å²) in [6.45, 7) is 5.44. The van der Waals surface area contributed by atoms with Gasteiger partial charge in [-0.3, -0.25) is 9.59 Å². The average Bonchev–Trinajstić information content (AvgIpc) is 2.87. The van der Waals surface area contributed by atoms with Crippen LogP contribution in [-0.4, -0.2) is 45.2 Å². The van der Waals surface area contributed by atoms with E-state index in [0.29, 0.717) is 12.8 Å². The molecule has 4 aliphatic rings. The predicted octanol–water partition coefficient (Wildman–Crippen LogP) is 2.03. The number of fused-ring (bicyclic) bond motifs is 5. The number of ketones is 2. The lowest BCUT2D eigenvalue weighted by atomic mass is 9.45. The molecule has 150 valence electrons. The number of rotatable bonds is 2. The van der Waals surface area contributed by atoms with Crippen molar-refractivity contribution in [2.75, 3.05) is 6.61 Å². The number of carbonyl (C=O) groups excluding carboxylic acids is 2. The Balaban J connectivity index is 1.74. The van der Waals surface area contributed by atoms with Crippen LogP contribution < -0.4 is 0 Å². The first-order chi connectivity index (χ1) is 12.6. The molecule has 0 amide bonds. The van der Waals surface area contributed by atoms with Gasteiger partial charge in [0, 0.05) is 11.3 Å². The number of aliphatic hydroxyl groups excluding tert-OH is 2. The molecule has 0 radical (unpaired) electrons. The average molecular weight is 376 g/mol. The first kappa shape index (κ1) is 19.3. The molecule has 0 heterocycles. The van der Waals surface area contributed by atoms with Crippen molar-refractivity contribution in [1.29, 1.82) is 0 Å². The summed E-state index contributed by atoms with van der Waals surface area (Å²) in [5.74, 6) is 0.0733. The topological polar surface area (TPSA) is 94.8 Å². The van der Waals surface area contributed by atoms with Crippen molar-refractivity contribution in [2.45, 2.75) is 71.0 Å². The van der Waals surface area contributed by atoms with Crippen LogP contribution in [0, 0.1) is 34.5 Å². The molecule has 0 aromatic carbocycles. The summed E-state index contributed by atoms with van der Waals surface area (Å²) in [6.07, 6.45) is 5.17. The molecule has 4 rings (SSSR count). The van der Waals surface area contributed by atoms with Gasteiger partial charge in [-0.1, -0.05) is 26.3 Å². The highest BCUT2D eigenvalue weighted by molar-refractivity contribution is 5.93. The van der Waals surface area contributed by atoms with E-state index in [1.165, 1.54) is 5.57 Å². The maximum atomic E-state index is 12.4. The van der Waals surface area contributed by atoms with Gasteiger partial charge in [0.2, 0.25) is 0 Å². The normalized spacial score (nSPS) is 51.9. The van der Waals surface area contributed by atoms with E-state index >= 15 is 0 Å². The molecule has 8 atom stereocenters. The Morgan fingerprint density at radius 2 is 1.96 bits per heavy atom. The van der Waals surface area contributed by atoms with Gasteiger partial charge < -0.3 is 15.3 Å². The summed E-state index contributed by atoms with van der Waals surface area (Å²) in [5.41, 5.74) is -1.28. The van der Waals surface area contributed by atoms with Gasteiger partial charge in [0.15, 0.2) is 11.6 Å². The molecule has 0 bridgehead atoms. The van der Waals surface area contributed by atoms with Gasteiger partial charge in [-0.25, -0.2) is 0 Å². The molecule has 0 saturated heterocycles. The first-order valence-corrected chi connectivity index (χ1v) is 10.4. The van der Waals surface area contributed by atoms with Gasteiger partial charge >= 0.3 is 0 Å². The third kappa shape index (κ3) is 2.34. The Morgan fingerprint density at radius 1 is 1.26 bits per heavy atom. The van der Waals surface area contributed by atoms with Crippen LogP contribution in [0.5, 0.6) is 0 Å². The van der Waals surface area contributed by atoms with Crippen LogP contribution in [0.4, 0.5) is 0 Å². The summed E-state index contributed by atoms with van der Waals surface area (Å²) in [4.78, 5) is 24.6. The van der Waals surface area contributed by atoms with Crippen LogP contribution in [0.25, 0.3) is 0 Å². The SMILES string of the molecule is CC1C[C@@]2(C)C(=CC1=O)CC[C@@H]1[C@@H]2[C@@H](O)C[C@@]2(C)[C@H]1CC[C@]2(O)C(=O)CO. The smallest absolute Gasteiger partial charge is 0.190 e. The largest absolute Gasteiger partial charge is 0.393 e. The van der Waals surface area contributed by atoms with Crippen LogP contribution >= 0.6 is 0 Å². The van der Waals surface area contributed by atoms with Crippen molar-refractivity contribution in [2.24, 2.45) is 34.5 Å². The van der Waals surface area contributed by atoms with Crippen molar-refractivity contribution < 1.29 is 24.9 Å². The zero-order valence-corrected chi connectivity index (χ0v) is 16.6. The zero-order chi connectivity index (χ0) is 19.8. The fourth-order valence-corrected chi connectivity index (χ4v) is 7.62. The summed E-state index contributed by atoms with van der Waals surface area (Å²) >= 11 is 0. The second-order valence-corrected chi connectivity index (χ2v) is 10.1. The summed E-state index contributed by atoms with van der Waals surface area (Å²) in [6, 6.07) is 0. The van der Waals surface area contributed by atoms with Gasteiger partial charge in [-0.2, -0.15) is 0 Å². The van der Waals surface area contributed by atoms with Gasteiger partial charge in [0.25, 0.3) is 0 Å². The summed E-state index contributed by atoms with van der Waals surface area (Å²) < 4.78 is 0. The van der Waals surface area contributed by atoms with Gasteiger partial charge in [0.1, 0.15) is 12.2 Å². The third-order valence-corrected chi connectivity index (χ3v) is 8.96. The fraction of sp³-hybridized carbons (Fsp3) is 0.818. The van der Waals surface area contributed by atoms with Gasteiger partial charge in [0.05, 0.1) is 6.10 Å². The Bertz CT molecular complexity index is 713. The Kier molecular flexibility index (Phi) is 4.27. The number of carbonyl (C=O) groups is 2. The van der Waals surface area contributed by atoms with Gasteiger partial charge in [-0.05, 0) is 67.8 Å². The molecule has 0 aliphatic heterocycles. The van der Waals surface area contributed by atoms with Gasteiger partial charge in [-0.15, -0.1) is 0 Å². The van der Waals surface area contributed by atoms with E-state index in [0.717, 1.165) is 25.7 Å². The number of allylic oxidation sites excluding steroid dienone is 1. The third-order valence-electron chi connectivity index (χ3n) is 8.96. The molecule has 3 saturated carbocycles. The molecule has 1 unspecified atom stereocenters. The molecular weight excluding hydrogens is 344 g/mol. The molecule has 0 aromatic rings. The fourth-order valence-electron chi connectivity index (χ4n) is 7.62. The molecule has 3 N–H and O–H groups in total. The van der Waals surface area contributed by atoms with E-state index in [1.54, 1.807) is 0 Å². The highest BCUT2D eigenvalue weighted by Crippen LogP contribution is 2.67. The van der Waals surface area contributed by atoms with Crippen LogP contribution in [0.3, 0.4) is 0 Å². The van der Waals surface area contributed by atoms with Crippen LogP contribution in [0.15, 0.2) is 11.6 Å². The molecule has 3 fully saturated rings. The minimum absolute atomic E-state index is 0.0329. The van der Waals surface area contributed by atoms with Crippen LogP contribution in [0.1, 0.15) is 59.3 Å². The van der Waals surface area contributed by atoms with Crippen molar-refractivity contribution in [3.8, 4) is 0 Å². The molecule has 5 heteroatoms. The number of hydrogen-bond donors (Lipinski definition) is 3. The molecule has 27 heavy (non-hydrogen) atoms. The lowest BCUT2D eigenvalue weighted by Gasteiger charge is -2.60. The zero-order valence-electron chi connectivity index (χ0n) is 16.6. The first-order valence-electron chi connectivity index (χ1n) is 10.4. The Labute approximate surface area is 160 Å². The lowest BCUT2D eigenvalue weighted by molar-refractivity contribution is -0.183. The Hall–Kier alpha value is -1.04. The maximum Gasteiger partial charge on any atom is 0.190 e. The van der Waals surface area contributed by atoms with Crippen LogP contribution in [-0.2, 0) is 9.59 Å². The molecule has 0 spiro atoms. The molecule has 0 aromatic heterocycles. The van der Waals surface area contributed by atoms with Crippen molar-refractivity contribution in [1.82, 2.24) is 0 Å². The highest BCUT2D eigenvalue weighted by atomic mass is 16.3. The minimum atomic E-state index is -1.55. The second kappa shape index (κ2) is 5.98.